The van der Waals surface area contributed by atoms with Gasteiger partial charge in [-0.25, -0.2) is 19.4 Å². The average Bonchev–Trinajstić information content (AvgIpc) is 3.31. The van der Waals surface area contributed by atoms with Crippen molar-refractivity contribution in [2.24, 2.45) is 5.92 Å². The molecule has 2 amide bonds. The highest BCUT2D eigenvalue weighted by atomic mass is 16.5. The molecule has 1 aliphatic heterocycles. The average molecular weight is 328 g/mol. The molecule has 1 saturated carbocycles. The first-order valence-electron chi connectivity index (χ1n) is 8.29. The van der Waals surface area contributed by atoms with Crippen molar-refractivity contribution in [3.05, 3.63) is 31.0 Å². The van der Waals surface area contributed by atoms with Crippen LogP contribution in [0.3, 0.4) is 0 Å². The van der Waals surface area contributed by atoms with Crippen molar-refractivity contribution in [1.29, 1.82) is 0 Å². The van der Waals surface area contributed by atoms with E-state index in [-0.39, 0.29) is 12.1 Å². The Morgan fingerprint density at radius 1 is 1.33 bits per heavy atom. The second-order valence-corrected chi connectivity index (χ2v) is 6.28. The summed E-state index contributed by atoms with van der Waals surface area (Å²) in [5, 5.41) is 9.97. The fourth-order valence-electron chi connectivity index (χ4n) is 3.09. The number of carbonyl (C=O) groups excluding carboxylic acids is 1. The third kappa shape index (κ3) is 3.38. The van der Waals surface area contributed by atoms with Crippen molar-refractivity contribution in [2.45, 2.75) is 37.8 Å². The van der Waals surface area contributed by atoms with Crippen LogP contribution in [0, 0.1) is 5.92 Å². The van der Waals surface area contributed by atoms with Gasteiger partial charge in [-0.15, -0.1) is 0 Å². The minimum absolute atomic E-state index is 0.149. The predicted octanol–water partition coefficient (Wildman–Crippen LogP) is 1.74. The molecule has 2 N–H and O–H groups in total. The molecule has 0 radical (unpaired) electrons. The molecule has 126 valence electrons. The van der Waals surface area contributed by atoms with E-state index in [4.69, 9.17) is 4.74 Å². The van der Waals surface area contributed by atoms with Crippen LogP contribution in [0.25, 0.3) is 5.82 Å². The summed E-state index contributed by atoms with van der Waals surface area (Å²) < 4.78 is 7.32. The Hall–Kier alpha value is -2.48. The van der Waals surface area contributed by atoms with Gasteiger partial charge in [-0.1, -0.05) is 0 Å². The largest absolute Gasteiger partial charge is 0.378 e. The number of urea groups is 1. The molecule has 2 aliphatic rings. The van der Waals surface area contributed by atoms with Crippen LogP contribution in [0.2, 0.25) is 0 Å². The van der Waals surface area contributed by atoms with Crippen molar-refractivity contribution in [1.82, 2.24) is 25.1 Å². The molecule has 2 aromatic rings. The van der Waals surface area contributed by atoms with Crippen LogP contribution in [-0.4, -0.2) is 44.5 Å². The number of carbonyl (C=O) groups is 1. The third-order valence-corrected chi connectivity index (χ3v) is 4.47. The molecule has 0 bridgehead atoms. The third-order valence-electron chi connectivity index (χ3n) is 4.47. The number of amides is 2. The zero-order valence-electron chi connectivity index (χ0n) is 13.3. The van der Waals surface area contributed by atoms with Crippen LogP contribution in [0.1, 0.15) is 25.7 Å². The van der Waals surface area contributed by atoms with Crippen LogP contribution in [0.4, 0.5) is 10.5 Å². The number of hydrogen-bond donors (Lipinski definition) is 2. The van der Waals surface area contributed by atoms with Gasteiger partial charge in [0.05, 0.1) is 11.8 Å². The summed E-state index contributed by atoms with van der Waals surface area (Å²) in [4.78, 5) is 20.5. The van der Waals surface area contributed by atoms with Crippen LogP contribution in [0.5, 0.6) is 0 Å². The predicted molar refractivity (Wildman–Crippen MR) is 86.8 cm³/mol. The summed E-state index contributed by atoms with van der Waals surface area (Å²) in [7, 11) is 0. The van der Waals surface area contributed by atoms with Crippen LogP contribution in [-0.2, 0) is 4.74 Å². The van der Waals surface area contributed by atoms with E-state index < -0.39 is 0 Å². The number of aromatic nitrogens is 4. The normalized spacial score (nSPS) is 23.7. The minimum atomic E-state index is -0.231. The Kier molecular flexibility index (Phi) is 4.12. The Labute approximate surface area is 139 Å². The molecule has 24 heavy (non-hydrogen) atoms. The van der Waals surface area contributed by atoms with E-state index in [9.17, 15) is 4.79 Å². The van der Waals surface area contributed by atoms with Gasteiger partial charge in [-0.3, -0.25) is 0 Å². The monoisotopic (exact) mass is 328 g/mol. The lowest BCUT2D eigenvalue weighted by Crippen LogP contribution is -2.44. The maximum absolute atomic E-state index is 12.4. The van der Waals surface area contributed by atoms with E-state index in [1.165, 1.54) is 23.9 Å². The fourth-order valence-corrected chi connectivity index (χ4v) is 3.09. The van der Waals surface area contributed by atoms with Crippen LogP contribution >= 0.6 is 0 Å². The summed E-state index contributed by atoms with van der Waals surface area (Å²) in [5.41, 5.74) is 0.589. The maximum atomic E-state index is 12.4. The number of ether oxygens (including phenoxy) is 1. The van der Waals surface area contributed by atoms with Gasteiger partial charge in [0.15, 0.2) is 5.82 Å². The first kappa shape index (κ1) is 15.1. The summed E-state index contributed by atoms with van der Waals surface area (Å²) >= 11 is 0. The van der Waals surface area contributed by atoms with Gasteiger partial charge < -0.3 is 15.4 Å². The van der Waals surface area contributed by atoms with E-state index in [1.54, 1.807) is 24.7 Å². The molecule has 0 spiro atoms. The van der Waals surface area contributed by atoms with E-state index >= 15 is 0 Å². The van der Waals surface area contributed by atoms with Gasteiger partial charge in [0.1, 0.15) is 12.7 Å². The van der Waals surface area contributed by atoms with Gasteiger partial charge >= 0.3 is 6.03 Å². The topological polar surface area (TPSA) is 94.0 Å². The molecule has 8 heteroatoms. The molecule has 2 aromatic heterocycles. The number of rotatable bonds is 4. The van der Waals surface area contributed by atoms with Crippen molar-refractivity contribution >= 4 is 11.7 Å². The number of nitrogens with zero attached hydrogens (tertiary/aromatic N) is 4. The highest BCUT2D eigenvalue weighted by Crippen LogP contribution is 2.38. The lowest BCUT2D eigenvalue weighted by atomic mass is 10.0. The standard InChI is InChI=1S/C16H20N6O2/c23-16(20-12-5-7-24-14(8-12)11-3-4-11)21-13-2-1-6-18-15(13)22-10-17-9-19-22/h1-2,6,9-12,14H,3-5,7-8H2,(H2,20,21,23). The Morgan fingerprint density at radius 3 is 3.04 bits per heavy atom. The molecule has 8 nitrogen and oxygen atoms in total. The van der Waals surface area contributed by atoms with E-state index in [2.05, 4.69) is 25.7 Å². The molecule has 0 aromatic carbocycles. The van der Waals surface area contributed by atoms with Gasteiger partial charge in [0.25, 0.3) is 0 Å². The summed E-state index contributed by atoms with van der Waals surface area (Å²) in [6, 6.07) is 3.48. The summed E-state index contributed by atoms with van der Waals surface area (Å²) in [6.45, 7) is 0.712. The minimum Gasteiger partial charge on any atom is -0.378 e. The number of anilines is 1. The Morgan fingerprint density at radius 2 is 2.25 bits per heavy atom. The highest BCUT2D eigenvalue weighted by molar-refractivity contribution is 5.91. The Balaban J connectivity index is 1.39. The van der Waals surface area contributed by atoms with Crippen molar-refractivity contribution < 1.29 is 9.53 Å². The zero-order chi connectivity index (χ0) is 16.4. The van der Waals surface area contributed by atoms with E-state index in [1.807, 2.05) is 0 Å². The first-order chi connectivity index (χ1) is 11.8. The summed E-state index contributed by atoms with van der Waals surface area (Å²) in [5.74, 6) is 1.22. The van der Waals surface area contributed by atoms with Crippen molar-refractivity contribution in [3.63, 3.8) is 0 Å². The highest BCUT2D eigenvalue weighted by Gasteiger charge is 2.36. The van der Waals surface area contributed by atoms with Gasteiger partial charge in [-0.05, 0) is 43.7 Å². The van der Waals surface area contributed by atoms with Gasteiger partial charge in [0, 0.05) is 18.8 Å². The lowest BCUT2D eigenvalue weighted by Gasteiger charge is -2.30. The fraction of sp³-hybridized carbons (Fsp3) is 0.500. The van der Waals surface area contributed by atoms with Crippen molar-refractivity contribution in [2.75, 3.05) is 11.9 Å². The number of pyridine rings is 1. The number of hydrogen-bond acceptors (Lipinski definition) is 5. The van der Waals surface area contributed by atoms with Crippen LogP contribution < -0.4 is 10.6 Å². The van der Waals surface area contributed by atoms with Gasteiger partial charge in [0.2, 0.25) is 0 Å². The maximum Gasteiger partial charge on any atom is 0.319 e. The molecule has 4 rings (SSSR count). The zero-order valence-corrected chi connectivity index (χ0v) is 13.3. The smallest absolute Gasteiger partial charge is 0.319 e. The van der Waals surface area contributed by atoms with Gasteiger partial charge in [-0.2, -0.15) is 5.10 Å². The Bertz CT molecular complexity index is 700. The molecular formula is C16H20N6O2. The summed E-state index contributed by atoms with van der Waals surface area (Å²) in [6.07, 6.45) is 9.16. The second-order valence-electron chi connectivity index (χ2n) is 6.28. The quantitative estimate of drug-likeness (QED) is 0.891. The molecule has 2 unspecified atom stereocenters. The second kappa shape index (κ2) is 6.56. The molecule has 3 heterocycles. The molecule has 2 atom stereocenters. The SMILES string of the molecule is O=C(Nc1cccnc1-n1cncn1)NC1CCOC(C2CC2)C1. The number of nitrogens with one attached hydrogen (secondary N) is 2. The molecule has 1 saturated heterocycles. The molecule has 1 aliphatic carbocycles. The molecular weight excluding hydrogens is 308 g/mol. The van der Waals surface area contributed by atoms with E-state index in [0.717, 1.165) is 12.8 Å². The van der Waals surface area contributed by atoms with Crippen LogP contribution in [0.15, 0.2) is 31.0 Å². The van der Waals surface area contributed by atoms with Crippen molar-refractivity contribution in [3.8, 4) is 5.82 Å². The lowest BCUT2D eigenvalue weighted by molar-refractivity contribution is -0.00889. The van der Waals surface area contributed by atoms with E-state index in [0.29, 0.717) is 30.1 Å². The first-order valence-corrected chi connectivity index (χ1v) is 8.29. The molecule has 2 fully saturated rings.